The number of carbonyl (C=O) groups excluding carboxylic acids is 1. The topological polar surface area (TPSA) is 63.2 Å². The Labute approximate surface area is 229 Å². The fourth-order valence-electron chi connectivity index (χ4n) is 3.05. The van der Waals surface area contributed by atoms with Crippen LogP contribution in [-0.2, 0) is 27.2 Å². The van der Waals surface area contributed by atoms with Crippen LogP contribution in [0.15, 0.2) is 21.6 Å². The van der Waals surface area contributed by atoms with E-state index in [0.29, 0.717) is 0 Å². The Balaban J connectivity index is 6.93. The first-order chi connectivity index (χ1) is 15.0. The van der Waals surface area contributed by atoms with Crippen molar-refractivity contribution in [3.05, 3.63) is 21.6 Å². The second kappa shape index (κ2) is 14.0. The molecular formula is C22H46Br2O6Si4. The summed E-state index contributed by atoms with van der Waals surface area (Å²) in [5, 5.41) is 0. The summed E-state index contributed by atoms with van der Waals surface area (Å²) < 4.78 is 32.5. The second-order valence-corrected chi connectivity index (χ2v) is 32.7. The minimum Gasteiger partial charge on any atom is -0.466 e. The van der Waals surface area contributed by atoms with E-state index >= 15 is 0 Å². The Kier molecular flexibility index (Phi) is 14.2. The fraction of sp³-hybridized carbons (Fsp3) is 0.773. The quantitative estimate of drug-likeness (QED) is 0.110. The first-order valence-corrected chi connectivity index (χ1v) is 26.8. The summed E-state index contributed by atoms with van der Waals surface area (Å²) in [7, 11) is -6.77. The van der Waals surface area contributed by atoms with E-state index in [1.807, 2.05) is 6.08 Å². The van der Waals surface area contributed by atoms with Crippen LogP contribution in [-0.4, -0.2) is 70.8 Å². The highest BCUT2D eigenvalue weighted by Gasteiger charge is 2.43. The van der Waals surface area contributed by atoms with Gasteiger partial charge in [0.2, 0.25) is 0 Å². The van der Waals surface area contributed by atoms with Gasteiger partial charge in [0, 0.05) is 6.08 Å². The number of ether oxygens (including phenoxy) is 1. The van der Waals surface area contributed by atoms with Crippen molar-refractivity contribution in [1.29, 1.82) is 0 Å². The molecule has 34 heavy (non-hydrogen) atoms. The van der Waals surface area contributed by atoms with Gasteiger partial charge in [0.1, 0.15) is 12.2 Å². The molecule has 0 aliphatic heterocycles. The highest BCUT2D eigenvalue weighted by molar-refractivity contribution is 9.28. The second-order valence-electron chi connectivity index (χ2n) is 12.1. The number of methoxy groups -OCH3 is 1. The zero-order chi connectivity index (χ0) is 27.1. The van der Waals surface area contributed by atoms with E-state index in [1.54, 1.807) is 6.08 Å². The maximum Gasteiger partial charge on any atom is 0.330 e. The lowest BCUT2D eigenvalue weighted by atomic mass is 10.0. The van der Waals surface area contributed by atoms with Gasteiger partial charge in [-0.25, -0.2) is 4.79 Å². The van der Waals surface area contributed by atoms with Crippen LogP contribution in [0.2, 0.25) is 78.6 Å². The Morgan fingerprint density at radius 1 is 0.647 bits per heavy atom. The molecule has 0 unspecified atom stereocenters. The van der Waals surface area contributed by atoms with Crippen molar-refractivity contribution in [1.82, 2.24) is 0 Å². The molecule has 0 rings (SSSR count). The van der Waals surface area contributed by atoms with Gasteiger partial charge in [0.15, 0.2) is 33.3 Å². The molecule has 0 saturated carbocycles. The van der Waals surface area contributed by atoms with Crippen molar-refractivity contribution in [3.63, 3.8) is 0 Å². The third-order valence-corrected chi connectivity index (χ3v) is 8.29. The standard InChI is InChI=1S/C22H46Br2O6Si4/c1-26-20(25)15-14-17(27-31(2,3)4)21(29-33(8,9)10)22(30-34(11,12)13)18(16-19(23)24)28-32(5,6)7/h14-18,21-22H,1-13H3/b15-14+/t17-,18+,21+,22+/m0/s1. The Hall–Kier alpha value is 0.618. The number of carbonyl (C=O) groups is 1. The first kappa shape index (κ1) is 34.6. The minimum absolute atomic E-state index is 0.382. The molecule has 0 fully saturated rings. The lowest BCUT2D eigenvalue weighted by molar-refractivity contribution is -0.134. The molecule has 0 aromatic carbocycles. The Morgan fingerprint density at radius 2 is 1.00 bits per heavy atom. The molecule has 0 aliphatic carbocycles. The summed E-state index contributed by atoms with van der Waals surface area (Å²) in [6, 6.07) is 0. The number of hydrogen-bond donors (Lipinski definition) is 0. The summed E-state index contributed by atoms with van der Waals surface area (Å²) in [6.07, 6.45) is 3.35. The van der Waals surface area contributed by atoms with Crippen molar-refractivity contribution in [3.8, 4) is 0 Å². The molecule has 200 valence electrons. The van der Waals surface area contributed by atoms with E-state index in [-0.39, 0.29) is 6.10 Å². The van der Waals surface area contributed by atoms with E-state index < -0.39 is 57.6 Å². The van der Waals surface area contributed by atoms with Gasteiger partial charge < -0.3 is 22.4 Å². The molecule has 6 nitrogen and oxygen atoms in total. The number of esters is 1. The molecule has 0 saturated heterocycles. The zero-order valence-electron chi connectivity index (χ0n) is 23.2. The van der Waals surface area contributed by atoms with Gasteiger partial charge in [-0.2, -0.15) is 0 Å². The van der Waals surface area contributed by atoms with Crippen LogP contribution in [0.1, 0.15) is 0 Å². The normalized spacial score (nSPS) is 17.3. The van der Waals surface area contributed by atoms with Crippen molar-refractivity contribution in [2.75, 3.05) is 7.11 Å². The molecule has 0 radical (unpaired) electrons. The number of halogens is 2. The summed E-state index contributed by atoms with van der Waals surface area (Å²) >= 11 is 7.05. The maximum absolute atomic E-state index is 12.0. The molecule has 0 spiro atoms. The van der Waals surface area contributed by atoms with E-state index in [4.69, 9.17) is 22.4 Å². The van der Waals surface area contributed by atoms with Gasteiger partial charge >= 0.3 is 5.97 Å². The van der Waals surface area contributed by atoms with E-state index in [2.05, 4.69) is 110 Å². The number of hydrogen-bond acceptors (Lipinski definition) is 6. The highest BCUT2D eigenvalue weighted by atomic mass is 79.9. The molecule has 0 aliphatic rings. The highest BCUT2D eigenvalue weighted by Crippen LogP contribution is 2.30. The van der Waals surface area contributed by atoms with Crippen molar-refractivity contribution >= 4 is 71.1 Å². The SMILES string of the molecule is COC(=O)/C=C/[C@H](O[Si](C)(C)C)[C@@H](O[Si](C)(C)C)[C@H](O[Si](C)(C)C)[C@@H](C=C(Br)Br)O[Si](C)(C)C. The van der Waals surface area contributed by atoms with Crippen LogP contribution >= 0.6 is 31.9 Å². The van der Waals surface area contributed by atoms with Gasteiger partial charge in [-0.1, -0.05) is 0 Å². The number of rotatable bonds is 14. The summed E-state index contributed by atoms with van der Waals surface area (Å²) in [5.41, 5.74) is 0. The van der Waals surface area contributed by atoms with Crippen molar-refractivity contribution < 1.29 is 27.2 Å². The van der Waals surface area contributed by atoms with Gasteiger partial charge in [-0.05, 0) is 123 Å². The Morgan fingerprint density at radius 3 is 1.32 bits per heavy atom. The molecular weight excluding hydrogens is 632 g/mol. The molecule has 0 bridgehead atoms. The monoisotopic (exact) mass is 676 g/mol. The van der Waals surface area contributed by atoms with E-state index in [0.717, 1.165) is 3.39 Å². The predicted molar refractivity (Wildman–Crippen MR) is 160 cm³/mol. The molecule has 12 heteroatoms. The van der Waals surface area contributed by atoms with Crippen LogP contribution in [0, 0.1) is 0 Å². The predicted octanol–water partition coefficient (Wildman–Crippen LogP) is 7.23. The zero-order valence-corrected chi connectivity index (χ0v) is 30.4. The lowest BCUT2D eigenvalue weighted by Gasteiger charge is -2.44. The van der Waals surface area contributed by atoms with Crippen LogP contribution in [0.25, 0.3) is 0 Å². The van der Waals surface area contributed by atoms with Gasteiger partial charge in [-0.3, -0.25) is 0 Å². The summed E-state index contributed by atoms with van der Waals surface area (Å²) in [6.45, 7) is 25.7. The van der Waals surface area contributed by atoms with Crippen LogP contribution in [0.3, 0.4) is 0 Å². The molecule has 0 aromatic heterocycles. The fourth-order valence-corrected chi connectivity index (χ4v) is 7.79. The summed E-state index contributed by atoms with van der Waals surface area (Å²) in [4.78, 5) is 12.0. The first-order valence-electron chi connectivity index (χ1n) is 11.5. The van der Waals surface area contributed by atoms with Crippen LogP contribution < -0.4 is 0 Å². The van der Waals surface area contributed by atoms with Gasteiger partial charge in [0.05, 0.1) is 22.7 Å². The minimum atomic E-state index is -2.07. The maximum atomic E-state index is 12.0. The van der Waals surface area contributed by atoms with E-state index in [9.17, 15) is 4.79 Å². The molecule has 0 aromatic rings. The smallest absolute Gasteiger partial charge is 0.330 e. The van der Waals surface area contributed by atoms with Gasteiger partial charge in [-0.15, -0.1) is 0 Å². The molecule has 0 N–H and O–H groups in total. The van der Waals surface area contributed by atoms with Crippen LogP contribution in [0.5, 0.6) is 0 Å². The van der Waals surface area contributed by atoms with Crippen molar-refractivity contribution in [2.24, 2.45) is 0 Å². The lowest BCUT2D eigenvalue weighted by Crippen LogP contribution is -2.57. The molecule has 0 amide bonds. The molecule has 0 heterocycles. The van der Waals surface area contributed by atoms with E-state index in [1.165, 1.54) is 13.2 Å². The average Bonchev–Trinajstić information content (AvgIpc) is 2.56. The van der Waals surface area contributed by atoms with Crippen LogP contribution in [0.4, 0.5) is 0 Å². The van der Waals surface area contributed by atoms with Crippen molar-refractivity contribution in [2.45, 2.75) is 103 Å². The summed E-state index contributed by atoms with van der Waals surface area (Å²) in [5.74, 6) is -0.434. The Bertz CT molecular complexity index is 702. The third kappa shape index (κ3) is 17.1. The largest absolute Gasteiger partial charge is 0.466 e. The third-order valence-electron chi connectivity index (χ3n) is 3.84. The van der Waals surface area contributed by atoms with Gasteiger partial charge in [0.25, 0.3) is 0 Å². The average molecular weight is 679 g/mol. The molecule has 4 atom stereocenters.